The van der Waals surface area contributed by atoms with Crippen molar-refractivity contribution in [2.75, 3.05) is 31.6 Å². The average Bonchev–Trinajstić information content (AvgIpc) is 3.35. The van der Waals surface area contributed by atoms with Crippen molar-refractivity contribution in [2.24, 2.45) is 7.05 Å². The Morgan fingerprint density at radius 3 is 2.71 bits per heavy atom. The lowest BCUT2D eigenvalue weighted by molar-refractivity contribution is -0.00211. The average molecular weight is 493 g/mol. The molecule has 8 nitrogen and oxygen atoms in total. The van der Waals surface area contributed by atoms with E-state index >= 15 is 0 Å². The number of hydrogen-bond donors (Lipinski definition) is 2. The Bertz CT molecular complexity index is 1200. The van der Waals surface area contributed by atoms with E-state index in [9.17, 15) is 13.9 Å². The third kappa shape index (κ3) is 4.13. The molecule has 34 heavy (non-hydrogen) atoms. The Kier molecular flexibility index (Phi) is 6.18. The molecule has 0 radical (unpaired) electrons. The molecule has 2 aliphatic rings. The Morgan fingerprint density at radius 2 is 2.03 bits per heavy atom. The minimum absolute atomic E-state index is 0.171. The van der Waals surface area contributed by atoms with Gasteiger partial charge in [-0.3, -0.25) is 9.58 Å². The number of likely N-dealkylation sites (tertiary alicyclic amines) is 1. The second-order valence-corrected chi connectivity index (χ2v) is 9.68. The molecule has 3 aromatic rings. The van der Waals surface area contributed by atoms with Crippen molar-refractivity contribution >= 4 is 34.1 Å². The van der Waals surface area contributed by atoms with Gasteiger partial charge in [0.05, 0.1) is 42.3 Å². The van der Waals surface area contributed by atoms with Gasteiger partial charge in [0.15, 0.2) is 0 Å². The van der Waals surface area contributed by atoms with Crippen molar-refractivity contribution in [3.63, 3.8) is 0 Å². The number of rotatable bonds is 5. The van der Waals surface area contributed by atoms with Gasteiger partial charge in [-0.25, -0.2) is 18.7 Å². The molecule has 0 saturated carbocycles. The van der Waals surface area contributed by atoms with Gasteiger partial charge in [0.2, 0.25) is 5.95 Å². The zero-order valence-electron chi connectivity index (χ0n) is 19.0. The number of anilines is 2. The van der Waals surface area contributed by atoms with Gasteiger partial charge in [0.25, 0.3) is 6.43 Å². The van der Waals surface area contributed by atoms with Crippen LogP contribution in [-0.2, 0) is 11.8 Å². The molecule has 0 aliphatic carbocycles. The van der Waals surface area contributed by atoms with Crippen molar-refractivity contribution in [2.45, 2.75) is 43.8 Å². The van der Waals surface area contributed by atoms with Gasteiger partial charge in [0.1, 0.15) is 5.69 Å². The number of nitrogens with zero attached hydrogens (tertiary/aromatic N) is 5. The molecule has 0 amide bonds. The topological polar surface area (TPSA) is 88.3 Å². The predicted molar refractivity (Wildman–Crippen MR) is 125 cm³/mol. The SMILES string of the molecule is Cn1ncc(Nc2ncc3cc(Cl)c(C4CCN([C@@]5(C)COC[C@H]5O)CC4)cc3n2)c1C(F)F. The summed E-state index contributed by atoms with van der Waals surface area (Å²) in [6, 6.07) is 3.82. The highest BCUT2D eigenvalue weighted by atomic mass is 35.5. The van der Waals surface area contributed by atoms with E-state index in [0.29, 0.717) is 23.8 Å². The summed E-state index contributed by atoms with van der Waals surface area (Å²) in [7, 11) is 1.47. The monoisotopic (exact) mass is 492 g/mol. The molecule has 182 valence electrons. The maximum absolute atomic E-state index is 13.4. The van der Waals surface area contributed by atoms with Gasteiger partial charge in [-0.05, 0) is 56.5 Å². The van der Waals surface area contributed by atoms with Crippen molar-refractivity contribution < 1.29 is 18.6 Å². The van der Waals surface area contributed by atoms with E-state index in [1.54, 1.807) is 6.20 Å². The number of halogens is 3. The van der Waals surface area contributed by atoms with Crippen molar-refractivity contribution in [1.29, 1.82) is 0 Å². The fourth-order valence-corrected chi connectivity index (χ4v) is 5.35. The van der Waals surface area contributed by atoms with Crippen LogP contribution in [0, 0.1) is 0 Å². The van der Waals surface area contributed by atoms with Gasteiger partial charge in [-0.1, -0.05) is 11.6 Å². The zero-order valence-corrected chi connectivity index (χ0v) is 19.8. The third-order valence-electron chi connectivity index (χ3n) is 7.18. The summed E-state index contributed by atoms with van der Waals surface area (Å²) in [4.78, 5) is 11.1. The second-order valence-electron chi connectivity index (χ2n) is 9.27. The van der Waals surface area contributed by atoms with E-state index in [4.69, 9.17) is 16.3 Å². The molecular formula is C23H27ClF2N6O2. The lowest BCUT2D eigenvalue weighted by Crippen LogP contribution is -2.56. The minimum Gasteiger partial charge on any atom is -0.389 e. The Hall–Kier alpha value is -2.40. The number of alkyl halides is 2. The molecule has 2 aromatic heterocycles. The van der Waals surface area contributed by atoms with Crippen LogP contribution in [0.4, 0.5) is 20.4 Å². The lowest BCUT2D eigenvalue weighted by atomic mass is 9.85. The largest absolute Gasteiger partial charge is 0.389 e. The molecule has 2 atom stereocenters. The quantitative estimate of drug-likeness (QED) is 0.556. The summed E-state index contributed by atoms with van der Waals surface area (Å²) in [5.74, 6) is 0.472. The first-order chi connectivity index (χ1) is 16.3. The van der Waals surface area contributed by atoms with Crippen LogP contribution in [0.5, 0.6) is 0 Å². The summed E-state index contributed by atoms with van der Waals surface area (Å²) >= 11 is 6.64. The Balaban J connectivity index is 1.36. The highest BCUT2D eigenvalue weighted by Crippen LogP contribution is 2.38. The highest BCUT2D eigenvalue weighted by molar-refractivity contribution is 6.32. The number of fused-ring (bicyclic) bond motifs is 1. The molecule has 0 spiro atoms. The summed E-state index contributed by atoms with van der Waals surface area (Å²) in [5, 5.41) is 18.6. The summed E-state index contributed by atoms with van der Waals surface area (Å²) in [6.07, 6.45) is 1.60. The molecule has 11 heteroatoms. The molecule has 1 aromatic carbocycles. The number of aliphatic hydroxyl groups is 1. The molecule has 4 heterocycles. The van der Waals surface area contributed by atoms with Crippen molar-refractivity contribution in [3.05, 3.63) is 40.8 Å². The van der Waals surface area contributed by atoms with Crippen LogP contribution < -0.4 is 5.32 Å². The van der Waals surface area contributed by atoms with Crippen LogP contribution in [0.3, 0.4) is 0 Å². The number of ether oxygens (including phenoxy) is 1. The van der Waals surface area contributed by atoms with Crippen molar-refractivity contribution in [3.8, 4) is 0 Å². The molecule has 2 fully saturated rings. The predicted octanol–water partition coefficient (Wildman–Crippen LogP) is 4.03. The number of aromatic nitrogens is 4. The molecular weight excluding hydrogens is 466 g/mol. The Morgan fingerprint density at radius 1 is 1.26 bits per heavy atom. The number of benzene rings is 1. The molecule has 0 unspecified atom stereocenters. The van der Waals surface area contributed by atoms with E-state index in [-0.39, 0.29) is 28.8 Å². The maximum Gasteiger partial charge on any atom is 0.282 e. The molecule has 2 saturated heterocycles. The normalized spacial score (nSPS) is 24.4. The maximum atomic E-state index is 13.4. The van der Waals surface area contributed by atoms with Crippen LogP contribution in [0.25, 0.3) is 10.9 Å². The second kappa shape index (κ2) is 8.99. The third-order valence-corrected chi connectivity index (χ3v) is 7.51. The highest BCUT2D eigenvalue weighted by Gasteiger charge is 2.45. The van der Waals surface area contributed by atoms with Crippen LogP contribution in [0.2, 0.25) is 5.02 Å². The van der Waals surface area contributed by atoms with Crippen LogP contribution in [-0.4, -0.2) is 67.7 Å². The first-order valence-corrected chi connectivity index (χ1v) is 11.7. The van der Waals surface area contributed by atoms with E-state index in [2.05, 4.69) is 32.2 Å². The van der Waals surface area contributed by atoms with E-state index in [1.807, 2.05) is 12.1 Å². The fraction of sp³-hybridized carbons (Fsp3) is 0.522. The molecule has 2 N–H and O–H groups in total. The number of hydrogen-bond acceptors (Lipinski definition) is 7. The van der Waals surface area contributed by atoms with E-state index in [1.165, 1.54) is 13.2 Å². The van der Waals surface area contributed by atoms with Crippen molar-refractivity contribution in [1.82, 2.24) is 24.6 Å². The smallest absolute Gasteiger partial charge is 0.282 e. The fourth-order valence-electron chi connectivity index (χ4n) is 5.02. The van der Waals surface area contributed by atoms with Gasteiger partial charge in [0, 0.05) is 23.7 Å². The number of nitrogens with one attached hydrogen (secondary N) is 1. The van der Waals surface area contributed by atoms with Gasteiger partial charge >= 0.3 is 0 Å². The molecule has 5 rings (SSSR count). The summed E-state index contributed by atoms with van der Waals surface area (Å²) < 4.78 is 33.4. The summed E-state index contributed by atoms with van der Waals surface area (Å²) in [5.41, 5.74) is 1.30. The minimum atomic E-state index is -2.68. The number of piperidine rings is 1. The van der Waals surface area contributed by atoms with E-state index < -0.39 is 12.5 Å². The van der Waals surface area contributed by atoms with Crippen LogP contribution >= 0.6 is 11.6 Å². The lowest BCUT2D eigenvalue weighted by Gasteiger charge is -2.43. The van der Waals surface area contributed by atoms with Crippen LogP contribution in [0.15, 0.2) is 24.5 Å². The van der Waals surface area contributed by atoms with E-state index in [0.717, 1.165) is 41.6 Å². The van der Waals surface area contributed by atoms with Gasteiger partial charge < -0.3 is 15.2 Å². The number of aliphatic hydroxyl groups excluding tert-OH is 1. The van der Waals surface area contributed by atoms with Crippen LogP contribution in [0.1, 0.15) is 43.4 Å². The summed E-state index contributed by atoms with van der Waals surface area (Å²) in [6.45, 7) is 4.64. The Labute approximate surface area is 200 Å². The standard InChI is InChI=1S/C23H27ClF2N6O2/c1-23(12-34-11-19(23)33)32-5-3-13(4-6-32)15-8-17-14(7-16(15)24)9-27-22(29-17)30-18-10-28-31(2)20(18)21(25)26/h7-10,13,19,21,33H,3-6,11-12H2,1-2H3,(H,27,29,30)/t19-,23+/m1/s1. The van der Waals surface area contributed by atoms with Gasteiger partial charge in [-0.2, -0.15) is 5.10 Å². The first-order valence-electron chi connectivity index (χ1n) is 11.3. The first kappa shape index (κ1) is 23.3. The van der Waals surface area contributed by atoms with Gasteiger partial charge in [-0.15, -0.1) is 0 Å². The zero-order chi connectivity index (χ0) is 24.0. The number of aryl methyl sites for hydroxylation is 1. The molecule has 2 aliphatic heterocycles. The molecule has 0 bridgehead atoms.